The standard InChI is InChI=1S/C11H24N2/c1-3-5-10-8-11(10)13-7-4-6-9(2)12/h9-11,13H,3-8,12H2,1-2H3. The molecular weight excluding hydrogens is 160 g/mol. The molecule has 1 aliphatic rings. The lowest BCUT2D eigenvalue weighted by Crippen LogP contribution is -2.22. The van der Waals surface area contributed by atoms with Crippen LogP contribution >= 0.6 is 0 Å². The van der Waals surface area contributed by atoms with Gasteiger partial charge in [0.1, 0.15) is 0 Å². The molecule has 0 aromatic rings. The van der Waals surface area contributed by atoms with Gasteiger partial charge in [0, 0.05) is 12.1 Å². The van der Waals surface area contributed by atoms with Crippen molar-refractivity contribution < 1.29 is 0 Å². The molecule has 0 amide bonds. The van der Waals surface area contributed by atoms with Crippen LogP contribution in [-0.2, 0) is 0 Å². The van der Waals surface area contributed by atoms with E-state index in [-0.39, 0.29) is 0 Å². The van der Waals surface area contributed by atoms with E-state index in [0.717, 1.165) is 24.9 Å². The molecule has 0 aliphatic heterocycles. The molecular formula is C11H24N2. The Hall–Kier alpha value is -0.0800. The van der Waals surface area contributed by atoms with Crippen LogP contribution < -0.4 is 11.1 Å². The molecule has 1 saturated carbocycles. The summed E-state index contributed by atoms with van der Waals surface area (Å²) in [6.45, 7) is 5.51. The summed E-state index contributed by atoms with van der Waals surface area (Å²) in [6.07, 6.45) is 6.53. The van der Waals surface area contributed by atoms with Gasteiger partial charge in [-0.15, -0.1) is 0 Å². The molecule has 2 nitrogen and oxygen atoms in total. The van der Waals surface area contributed by atoms with Crippen molar-refractivity contribution in [3.05, 3.63) is 0 Å². The van der Waals surface area contributed by atoms with Crippen LogP contribution in [-0.4, -0.2) is 18.6 Å². The Balaban J connectivity index is 1.85. The first kappa shape index (κ1) is 11.0. The lowest BCUT2D eigenvalue weighted by molar-refractivity contribution is 0.548. The second-order valence-corrected chi connectivity index (χ2v) is 4.46. The summed E-state index contributed by atoms with van der Waals surface area (Å²) in [5, 5.41) is 3.59. The van der Waals surface area contributed by atoms with Crippen LogP contribution in [0.25, 0.3) is 0 Å². The highest BCUT2D eigenvalue weighted by Gasteiger charge is 2.34. The zero-order valence-corrected chi connectivity index (χ0v) is 9.05. The molecule has 3 unspecified atom stereocenters. The van der Waals surface area contributed by atoms with Gasteiger partial charge in [0.25, 0.3) is 0 Å². The third-order valence-electron chi connectivity index (χ3n) is 2.82. The maximum absolute atomic E-state index is 5.67. The highest BCUT2D eigenvalue weighted by atomic mass is 15.0. The van der Waals surface area contributed by atoms with Crippen molar-refractivity contribution in [3.63, 3.8) is 0 Å². The maximum atomic E-state index is 5.67. The molecule has 1 fully saturated rings. The van der Waals surface area contributed by atoms with Gasteiger partial charge in [-0.2, -0.15) is 0 Å². The Morgan fingerprint density at radius 3 is 2.92 bits per heavy atom. The summed E-state index contributed by atoms with van der Waals surface area (Å²) in [7, 11) is 0. The highest BCUT2D eigenvalue weighted by Crippen LogP contribution is 2.34. The van der Waals surface area contributed by atoms with Crippen molar-refractivity contribution in [1.29, 1.82) is 0 Å². The van der Waals surface area contributed by atoms with Gasteiger partial charge >= 0.3 is 0 Å². The third-order valence-corrected chi connectivity index (χ3v) is 2.82. The second kappa shape index (κ2) is 5.61. The van der Waals surface area contributed by atoms with Crippen molar-refractivity contribution in [3.8, 4) is 0 Å². The number of rotatable bonds is 7. The van der Waals surface area contributed by atoms with E-state index in [2.05, 4.69) is 19.2 Å². The number of hydrogen-bond donors (Lipinski definition) is 2. The van der Waals surface area contributed by atoms with Crippen molar-refractivity contribution in [1.82, 2.24) is 5.32 Å². The number of nitrogens with two attached hydrogens (primary N) is 1. The van der Waals surface area contributed by atoms with Gasteiger partial charge in [-0.05, 0) is 45.1 Å². The van der Waals surface area contributed by atoms with E-state index in [1.165, 1.54) is 25.7 Å². The van der Waals surface area contributed by atoms with Gasteiger partial charge in [0.05, 0.1) is 0 Å². The van der Waals surface area contributed by atoms with E-state index in [4.69, 9.17) is 5.73 Å². The van der Waals surface area contributed by atoms with Crippen LogP contribution in [0.15, 0.2) is 0 Å². The number of hydrogen-bond acceptors (Lipinski definition) is 2. The summed E-state index contributed by atoms with van der Waals surface area (Å²) < 4.78 is 0. The Kier molecular flexibility index (Phi) is 4.74. The Labute approximate surface area is 82.3 Å². The average Bonchev–Trinajstić information content (AvgIpc) is 2.78. The van der Waals surface area contributed by atoms with E-state index < -0.39 is 0 Å². The lowest BCUT2D eigenvalue weighted by atomic mass is 10.2. The minimum atomic E-state index is 0.368. The predicted molar refractivity (Wildman–Crippen MR) is 57.7 cm³/mol. The molecule has 0 aromatic carbocycles. The van der Waals surface area contributed by atoms with Gasteiger partial charge in [-0.1, -0.05) is 13.3 Å². The minimum absolute atomic E-state index is 0.368. The van der Waals surface area contributed by atoms with Crippen molar-refractivity contribution in [2.45, 2.75) is 58.0 Å². The smallest absolute Gasteiger partial charge is 0.00991 e. The minimum Gasteiger partial charge on any atom is -0.328 e. The molecule has 0 radical (unpaired) electrons. The van der Waals surface area contributed by atoms with Gasteiger partial charge in [-0.25, -0.2) is 0 Å². The molecule has 1 rings (SSSR count). The van der Waals surface area contributed by atoms with Crippen LogP contribution in [0.2, 0.25) is 0 Å². The molecule has 13 heavy (non-hydrogen) atoms. The van der Waals surface area contributed by atoms with Gasteiger partial charge in [-0.3, -0.25) is 0 Å². The first-order valence-corrected chi connectivity index (χ1v) is 5.73. The van der Waals surface area contributed by atoms with E-state index in [1.807, 2.05) is 0 Å². The zero-order chi connectivity index (χ0) is 9.68. The summed E-state index contributed by atoms with van der Waals surface area (Å²) in [6, 6.07) is 1.21. The molecule has 0 saturated heterocycles. The summed E-state index contributed by atoms with van der Waals surface area (Å²) in [4.78, 5) is 0. The molecule has 0 aromatic heterocycles. The first-order chi connectivity index (χ1) is 6.24. The van der Waals surface area contributed by atoms with E-state index >= 15 is 0 Å². The van der Waals surface area contributed by atoms with Crippen molar-refractivity contribution in [2.75, 3.05) is 6.54 Å². The van der Waals surface area contributed by atoms with Crippen LogP contribution in [0.1, 0.15) is 46.0 Å². The fraction of sp³-hybridized carbons (Fsp3) is 1.00. The highest BCUT2D eigenvalue weighted by molar-refractivity contribution is 4.92. The predicted octanol–water partition coefficient (Wildman–Crippen LogP) is 1.89. The monoisotopic (exact) mass is 184 g/mol. The van der Waals surface area contributed by atoms with E-state index in [9.17, 15) is 0 Å². The number of nitrogens with one attached hydrogen (secondary N) is 1. The third kappa shape index (κ3) is 4.63. The fourth-order valence-corrected chi connectivity index (χ4v) is 1.90. The van der Waals surface area contributed by atoms with Gasteiger partial charge < -0.3 is 11.1 Å². The summed E-state index contributed by atoms with van der Waals surface area (Å²) in [5.74, 6) is 0.986. The van der Waals surface area contributed by atoms with Gasteiger partial charge in [0.15, 0.2) is 0 Å². The molecule has 2 heteroatoms. The fourth-order valence-electron chi connectivity index (χ4n) is 1.90. The van der Waals surface area contributed by atoms with E-state index in [0.29, 0.717) is 6.04 Å². The topological polar surface area (TPSA) is 38.0 Å². The molecule has 3 atom stereocenters. The summed E-state index contributed by atoms with van der Waals surface area (Å²) >= 11 is 0. The average molecular weight is 184 g/mol. The molecule has 1 aliphatic carbocycles. The first-order valence-electron chi connectivity index (χ1n) is 5.73. The molecule has 0 bridgehead atoms. The van der Waals surface area contributed by atoms with Gasteiger partial charge in [0.2, 0.25) is 0 Å². The van der Waals surface area contributed by atoms with Crippen molar-refractivity contribution >= 4 is 0 Å². The zero-order valence-electron chi connectivity index (χ0n) is 9.05. The maximum Gasteiger partial charge on any atom is 0.00991 e. The Morgan fingerprint density at radius 2 is 2.31 bits per heavy atom. The second-order valence-electron chi connectivity index (χ2n) is 4.46. The normalized spacial score (nSPS) is 28.8. The Bertz CT molecular complexity index is 134. The SMILES string of the molecule is CCCC1CC1NCCCC(C)N. The van der Waals surface area contributed by atoms with Crippen molar-refractivity contribution in [2.24, 2.45) is 11.7 Å². The Morgan fingerprint density at radius 1 is 1.54 bits per heavy atom. The van der Waals surface area contributed by atoms with Crippen LogP contribution in [0, 0.1) is 5.92 Å². The quantitative estimate of drug-likeness (QED) is 0.593. The largest absolute Gasteiger partial charge is 0.328 e. The summed E-state index contributed by atoms with van der Waals surface area (Å²) in [5.41, 5.74) is 5.67. The van der Waals surface area contributed by atoms with Crippen LogP contribution in [0.5, 0.6) is 0 Å². The molecule has 3 N–H and O–H groups in total. The van der Waals surface area contributed by atoms with Crippen LogP contribution in [0.3, 0.4) is 0 Å². The van der Waals surface area contributed by atoms with Crippen LogP contribution in [0.4, 0.5) is 0 Å². The molecule has 0 heterocycles. The molecule has 0 spiro atoms. The lowest BCUT2D eigenvalue weighted by Gasteiger charge is -2.05. The van der Waals surface area contributed by atoms with E-state index in [1.54, 1.807) is 0 Å². The molecule has 78 valence electrons.